The first kappa shape index (κ1) is 18.7. The molecule has 26 heavy (non-hydrogen) atoms. The third-order valence-corrected chi connectivity index (χ3v) is 5.62. The molecule has 0 aliphatic heterocycles. The highest BCUT2D eigenvalue weighted by Crippen LogP contribution is 2.34. The number of aromatic nitrogens is 1. The maximum Gasteiger partial charge on any atom is 0.222 e. The van der Waals surface area contributed by atoms with Gasteiger partial charge in [0.05, 0.1) is 6.20 Å². The number of halogens is 1. The van der Waals surface area contributed by atoms with Crippen LogP contribution in [0.1, 0.15) is 49.3 Å². The van der Waals surface area contributed by atoms with E-state index in [1.807, 2.05) is 42.3 Å². The van der Waals surface area contributed by atoms with E-state index >= 15 is 0 Å². The molecule has 0 bridgehead atoms. The van der Waals surface area contributed by atoms with Crippen LogP contribution in [0.15, 0.2) is 42.6 Å². The molecule has 1 N–H and O–H groups in total. The lowest BCUT2D eigenvalue weighted by molar-refractivity contribution is -0.132. The van der Waals surface area contributed by atoms with E-state index in [2.05, 4.69) is 4.98 Å². The van der Waals surface area contributed by atoms with Gasteiger partial charge in [-0.15, -0.1) is 0 Å². The van der Waals surface area contributed by atoms with Crippen LogP contribution >= 0.6 is 11.6 Å². The Labute approximate surface area is 159 Å². The van der Waals surface area contributed by atoms with Crippen LogP contribution in [-0.4, -0.2) is 34.0 Å². The van der Waals surface area contributed by atoms with Gasteiger partial charge in [0, 0.05) is 36.1 Å². The van der Waals surface area contributed by atoms with E-state index in [1.165, 1.54) is 6.20 Å². The molecular formula is C21H25ClN2O2. The van der Waals surface area contributed by atoms with Gasteiger partial charge < -0.3 is 10.0 Å². The van der Waals surface area contributed by atoms with Crippen molar-refractivity contribution in [1.82, 2.24) is 9.88 Å². The fourth-order valence-electron chi connectivity index (χ4n) is 3.68. The lowest BCUT2D eigenvalue weighted by Crippen LogP contribution is -2.39. The lowest BCUT2D eigenvalue weighted by atomic mass is 9.83. The Bertz CT molecular complexity index is 723. The van der Waals surface area contributed by atoms with Crippen molar-refractivity contribution in [2.24, 2.45) is 0 Å². The molecule has 1 amide bonds. The monoisotopic (exact) mass is 372 g/mol. The Morgan fingerprint density at radius 2 is 1.85 bits per heavy atom. The molecular weight excluding hydrogens is 348 g/mol. The van der Waals surface area contributed by atoms with Crippen LogP contribution in [0, 0.1) is 0 Å². The number of pyridine rings is 1. The molecule has 5 heteroatoms. The van der Waals surface area contributed by atoms with Crippen molar-refractivity contribution in [3.63, 3.8) is 0 Å². The van der Waals surface area contributed by atoms with Crippen LogP contribution in [0.3, 0.4) is 0 Å². The zero-order valence-corrected chi connectivity index (χ0v) is 15.8. The number of amides is 1. The van der Waals surface area contributed by atoms with E-state index < -0.39 is 0 Å². The van der Waals surface area contributed by atoms with Gasteiger partial charge in [-0.25, -0.2) is 0 Å². The van der Waals surface area contributed by atoms with E-state index in [4.69, 9.17) is 11.6 Å². The van der Waals surface area contributed by atoms with Crippen LogP contribution < -0.4 is 0 Å². The summed E-state index contributed by atoms with van der Waals surface area (Å²) in [6.07, 6.45) is 6.82. The average molecular weight is 373 g/mol. The molecule has 1 saturated carbocycles. The van der Waals surface area contributed by atoms with Gasteiger partial charge in [0.25, 0.3) is 0 Å². The summed E-state index contributed by atoms with van der Waals surface area (Å²) in [6.45, 7) is 0. The highest BCUT2D eigenvalue weighted by molar-refractivity contribution is 6.30. The highest BCUT2D eigenvalue weighted by Gasteiger charge is 2.27. The minimum absolute atomic E-state index is 0.200. The van der Waals surface area contributed by atoms with Gasteiger partial charge in [-0.05, 0) is 61.9 Å². The standard InChI is InChI=1S/C21H25ClN2O2/c1-24(21(26)13-4-15-2-7-17(22)8-3-15)18-9-5-16(6-10-18)20-12-11-19(25)14-23-20/h2-3,7-8,11-12,14,16,18,25H,4-6,9-10,13H2,1H3. The third-order valence-electron chi connectivity index (χ3n) is 5.37. The van der Waals surface area contributed by atoms with Gasteiger partial charge in [-0.3, -0.25) is 9.78 Å². The summed E-state index contributed by atoms with van der Waals surface area (Å²) in [5.74, 6) is 0.823. The zero-order chi connectivity index (χ0) is 18.5. The zero-order valence-electron chi connectivity index (χ0n) is 15.1. The Kier molecular flexibility index (Phi) is 6.15. The summed E-state index contributed by atoms with van der Waals surface area (Å²) in [7, 11) is 1.92. The Morgan fingerprint density at radius 3 is 2.46 bits per heavy atom. The lowest BCUT2D eigenvalue weighted by Gasteiger charge is -2.34. The van der Waals surface area contributed by atoms with Crippen LogP contribution in [0.25, 0.3) is 0 Å². The second kappa shape index (κ2) is 8.54. The number of carbonyl (C=O) groups excluding carboxylic acids is 1. The molecule has 1 aromatic heterocycles. The van der Waals surface area contributed by atoms with Gasteiger partial charge >= 0.3 is 0 Å². The molecule has 1 aliphatic carbocycles. The average Bonchev–Trinajstić information content (AvgIpc) is 2.67. The highest BCUT2D eigenvalue weighted by atomic mass is 35.5. The van der Waals surface area contributed by atoms with Crippen LogP contribution in [-0.2, 0) is 11.2 Å². The number of aryl methyl sites for hydroxylation is 1. The number of hydrogen-bond donors (Lipinski definition) is 1. The number of nitrogens with zero attached hydrogens (tertiary/aromatic N) is 2. The van der Waals surface area contributed by atoms with E-state index in [0.717, 1.165) is 48.4 Å². The van der Waals surface area contributed by atoms with Crippen LogP contribution in [0.4, 0.5) is 0 Å². The normalized spacial score (nSPS) is 19.9. The summed E-state index contributed by atoms with van der Waals surface area (Å²) >= 11 is 5.90. The summed E-state index contributed by atoms with van der Waals surface area (Å²) in [5.41, 5.74) is 2.18. The predicted molar refractivity (Wildman–Crippen MR) is 103 cm³/mol. The van der Waals surface area contributed by atoms with E-state index in [1.54, 1.807) is 6.07 Å². The molecule has 0 spiro atoms. The number of aromatic hydroxyl groups is 1. The molecule has 3 rings (SSSR count). The largest absolute Gasteiger partial charge is 0.506 e. The SMILES string of the molecule is CN(C(=O)CCc1ccc(Cl)cc1)C1CCC(c2ccc(O)cn2)CC1. The number of rotatable bonds is 5. The summed E-state index contributed by atoms with van der Waals surface area (Å²) < 4.78 is 0. The predicted octanol–water partition coefficient (Wildman–Crippen LogP) is 4.56. The molecule has 1 fully saturated rings. The van der Waals surface area contributed by atoms with Crippen molar-refractivity contribution in [3.05, 3.63) is 58.9 Å². The first-order valence-electron chi connectivity index (χ1n) is 9.18. The van der Waals surface area contributed by atoms with Gasteiger partial charge in [-0.1, -0.05) is 23.7 Å². The summed E-state index contributed by atoms with van der Waals surface area (Å²) in [6, 6.07) is 11.6. The van der Waals surface area contributed by atoms with Crippen molar-refractivity contribution in [3.8, 4) is 5.75 Å². The van der Waals surface area contributed by atoms with Gasteiger partial charge in [0.1, 0.15) is 5.75 Å². The minimum atomic E-state index is 0.200. The maximum absolute atomic E-state index is 12.5. The van der Waals surface area contributed by atoms with Crippen LogP contribution in [0.5, 0.6) is 5.75 Å². The molecule has 0 saturated heterocycles. The number of carbonyl (C=O) groups is 1. The fourth-order valence-corrected chi connectivity index (χ4v) is 3.81. The first-order valence-corrected chi connectivity index (χ1v) is 9.56. The van der Waals surface area contributed by atoms with E-state index in [-0.39, 0.29) is 11.7 Å². The maximum atomic E-state index is 12.5. The van der Waals surface area contributed by atoms with Crippen LogP contribution in [0.2, 0.25) is 5.02 Å². The minimum Gasteiger partial charge on any atom is -0.506 e. The topological polar surface area (TPSA) is 53.4 Å². The molecule has 1 aliphatic rings. The summed E-state index contributed by atoms with van der Waals surface area (Å²) in [5, 5.41) is 10.1. The van der Waals surface area contributed by atoms with Crippen molar-refractivity contribution in [2.45, 2.75) is 50.5 Å². The smallest absolute Gasteiger partial charge is 0.222 e. The van der Waals surface area contributed by atoms with Crippen molar-refractivity contribution >= 4 is 17.5 Å². The Balaban J connectivity index is 1.48. The molecule has 1 heterocycles. The number of benzene rings is 1. The van der Waals surface area contributed by atoms with Gasteiger partial charge in [-0.2, -0.15) is 0 Å². The van der Waals surface area contributed by atoms with Crippen molar-refractivity contribution in [1.29, 1.82) is 0 Å². The molecule has 1 aromatic carbocycles. The van der Waals surface area contributed by atoms with Crippen molar-refractivity contribution < 1.29 is 9.90 Å². The fraction of sp³-hybridized carbons (Fsp3) is 0.429. The first-order chi connectivity index (χ1) is 12.5. The number of hydrogen-bond acceptors (Lipinski definition) is 3. The second-order valence-corrected chi connectivity index (χ2v) is 7.51. The molecule has 4 nitrogen and oxygen atoms in total. The second-order valence-electron chi connectivity index (χ2n) is 7.08. The molecule has 0 atom stereocenters. The van der Waals surface area contributed by atoms with Gasteiger partial charge in [0.15, 0.2) is 0 Å². The Morgan fingerprint density at radius 1 is 1.15 bits per heavy atom. The van der Waals surface area contributed by atoms with E-state index in [0.29, 0.717) is 18.4 Å². The van der Waals surface area contributed by atoms with E-state index in [9.17, 15) is 9.90 Å². The Hall–Kier alpha value is -2.07. The third kappa shape index (κ3) is 4.76. The summed E-state index contributed by atoms with van der Waals surface area (Å²) in [4.78, 5) is 18.8. The molecule has 2 aromatic rings. The van der Waals surface area contributed by atoms with Gasteiger partial charge in [0.2, 0.25) is 5.91 Å². The molecule has 0 radical (unpaired) electrons. The molecule has 0 unspecified atom stereocenters. The molecule has 138 valence electrons. The van der Waals surface area contributed by atoms with Crippen molar-refractivity contribution in [2.75, 3.05) is 7.05 Å². The quantitative estimate of drug-likeness (QED) is 0.837.